The van der Waals surface area contributed by atoms with E-state index < -0.39 is 5.91 Å². The van der Waals surface area contributed by atoms with Gasteiger partial charge in [0.25, 0.3) is 11.8 Å². The number of nitrogens with zero attached hydrogens (tertiary/aromatic N) is 3. The van der Waals surface area contributed by atoms with Gasteiger partial charge in [-0.25, -0.2) is 4.98 Å². The first kappa shape index (κ1) is 16.2. The Morgan fingerprint density at radius 1 is 1.43 bits per heavy atom. The molecule has 2 rings (SSSR count). The molecule has 0 unspecified atom stereocenters. The van der Waals surface area contributed by atoms with Gasteiger partial charge in [-0.1, -0.05) is 5.16 Å². The van der Waals surface area contributed by atoms with Crippen LogP contribution in [0.25, 0.3) is 0 Å². The van der Waals surface area contributed by atoms with E-state index in [1.807, 2.05) is 0 Å². The number of oxime groups is 1. The molecule has 11 nitrogen and oxygen atoms in total. The molecule has 23 heavy (non-hydrogen) atoms. The topological polar surface area (TPSA) is 189 Å². The highest BCUT2D eigenvalue weighted by molar-refractivity contribution is 7.13. The van der Waals surface area contributed by atoms with Gasteiger partial charge in [-0.2, -0.15) is 0 Å². The summed E-state index contributed by atoms with van der Waals surface area (Å²) in [6.07, 6.45) is 0. The van der Waals surface area contributed by atoms with Crippen molar-refractivity contribution in [3.63, 3.8) is 0 Å². The Morgan fingerprint density at radius 3 is 2.78 bits per heavy atom. The monoisotopic (exact) mass is 339 g/mol. The van der Waals surface area contributed by atoms with Crippen molar-refractivity contribution in [3.05, 3.63) is 22.9 Å². The Hall–Kier alpha value is -3.15. The van der Waals surface area contributed by atoms with Gasteiger partial charge in [0.05, 0.1) is 6.07 Å². The molecule has 0 aliphatic heterocycles. The van der Waals surface area contributed by atoms with Gasteiger partial charge >= 0.3 is 0 Å². The lowest BCUT2D eigenvalue weighted by Gasteiger charge is -2.02. The van der Waals surface area contributed by atoms with E-state index >= 15 is 0 Å². The van der Waals surface area contributed by atoms with Crippen LogP contribution in [0.3, 0.4) is 0 Å². The van der Waals surface area contributed by atoms with E-state index in [0.29, 0.717) is 0 Å². The molecule has 0 spiro atoms. The molecule has 0 saturated carbocycles. The lowest BCUT2D eigenvalue weighted by atomic mass is 10.3. The summed E-state index contributed by atoms with van der Waals surface area (Å²) in [5.41, 5.74) is 16.0. The fraction of sp³-hybridized carbons (Fsp3) is 0.182. The van der Waals surface area contributed by atoms with Crippen molar-refractivity contribution < 1.29 is 18.9 Å². The van der Waals surface area contributed by atoms with Crippen LogP contribution in [-0.2, 0) is 9.63 Å². The smallest absolute Gasteiger partial charge is 0.273 e. The molecule has 0 saturated heterocycles. The van der Waals surface area contributed by atoms with Crippen LogP contribution < -0.4 is 21.9 Å². The summed E-state index contributed by atoms with van der Waals surface area (Å²) in [7, 11) is 0. The van der Waals surface area contributed by atoms with Crippen molar-refractivity contribution in [1.82, 2.24) is 10.1 Å². The number of carbonyl (C=O) groups excluding carboxylic acids is 1. The van der Waals surface area contributed by atoms with E-state index in [0.717, 1.165) is 11.3 Å². The first-order valence-corrected chi connectivity index (χ1v) is 7.00. The van der Waals surface area contributed by atoms with Crippen LogP contribution >= 0.6 is 11.3 Å². The minimum Gasteiger partial charge on any atom is -0.472 e. The van der Waals surface area contributed by atoms with Crippen LogP contribution in [0.5, 0.6) is 5.88 Å². The zero-order valence-corrected chi connectivity index (χ0v) is 12.5. The van der Waals surface area contributed by atoms with Crippen molar-refractivity contribution in [1.29, 1.82) is 5.41 Å². The standard InChI is InChI=1S/C11H13N7O4S/c12-9(13)6-3-7(17-22-6)20-1-2-21-18-8(10(14)19)5-4-23-11(15)16-5/h3-4H,1-2H2,(H3,12,13)(H2,14,19)(H2,15,16). The molecule has 7 N–H and O–H groups in total. The Kier molecular flexibility index (Phi) is 5.09. The first-order chi connectivity index (χ1) is 11.0. The SMILES string of the molecule is N=C(N)c1cc(OCCON=C(C(N)=O)c2csc(N)n2)no1. The second-order valence-electron chi connectivity index (χ2n) is 4.00. The van der Waals surface area contributed by atoms with E-state index in [4.69, 9.17) is 36.7 Å². The number of anilines is 1. The van der Waals surface area contributed by atoms with E-state index in [-0.39, 0.29) is 47.2 Å². The minimum absolute atomic E-state index is 0.0126. The lowest BCUT2D eigenvalue weighted by molar-refractivity contribution is -0.112. The highest BCUT2D eigenvalue weighted by Crippen LogP contribution is 2.12. The van der Waals surface area contributed by atoms with Gasteiger partial charge in [0, 0.05) is 5.38 Å². The van der Waals surface area contributed by atoms with Crippen molar-refractivity contribution in [2.75, 3.05) is 18.9 Å². The maximum atomic E-state index is 11.3. The van der Waals surface area contributed by atoms with E-state index in [9.17, 15) is 4.79 Å². The number of hydrogen-bond donors (Lipinski definition) is 4. The van der Waals surface area contributed by atoms with Gasteiger partial charge in [-0.15, -0.1) is 11.3 Å². The number of primary amides is 1. The molecule has 0 bridgehead atoms. The molecule has 0 radical (unpaired) electrons. The molecule has 0 aliphatic carbocycles. The Labute approximate surface area is 133 Å². The summed E-state index contributed by atoms with van der Waals surface area (Å²) in [4.78, 5) is 20.2. The zero-order chi connectivity index (χ0) is 16.8. The van der Waals surface area contributed by atoms with Crippen LogP contribution in [0.1, 0.15) is 11.5 Å². The largest absolute Gasteiger partial charge is 0.472 e. The summed E-state index contributed by atoms with van der Waals surface area (Å²) >= 11 is 1.15. The first-order valence-electron chi connectivity index (χ1n) is 6.12. The molecule has 1 amide bonds. The predicted molar refractivity (Wildman–Crippen MR) is 81.2 cm³/mol. The highest BCUT2D eigenvalue weighted by Gasteiger charge is 2.15. The third-order valence-corrected chi connectivity index (χ3v) is 3.01. The van der Waals surface area contributed by atoms with Crippen LogP contribution in [-0.4, -0.2) is 40.8 Å². The molecule has 2 aromatic rings. The normalized spacial score (nSPS) is 11.2. The fourth-order valence-corrected chi connectivity index (χ4v) is 1.91. The number of rotatable bonds is 8. The van der Waals surface area contributed by atoms with Gasteiger partial charge in [-0.3, -0.25) is 10.2 Å². The lowest BCUT2D eigenvalue weighted by Crippen LogP contribution is -2.25. The molecular weight excluding hydrogens is 326 g/mol. The molecule has 122 valence electrons. The average molecular weight is 339 g/mol. The molecule has 2 heterocycles. The maximum absolute atomic E-state index is 11.3. The van der Waals surface area contributed by atoms with E-state index in [1.165, 1.54) is 11.4 Å². The van der Waals surface area contributed by atoms with Gasteiger partial charge in [0.15, 0.2) is 23.3 Å². The maximum Gasteiger partial charge on any atom is 0.273 e. The molecule has 12 heteroatoms. The number of amides is 1. The fourth-order valence-electron chi connectivity index (χ4n) is 1.36. The van der Waals surface area contributed by atoms with Crippen molar-refractivity contribution in [2.24, 2.45) is 16.6 Å². The Morgan fingerprint density at radius 2 is 2.22 bits per heavy atom. The zero-order valence-electron chi connectivity index (χ0n) is 11.7. The van der Waals surface area contributed by atoms with E-state index in [1.54, 1.807) is 0 Å². The van der Waals surface area contributed by atoms with Crippen LogP contribution in [0.2, 0.25) is 0 Å². The van der Waals surface area contributed by atoms with Crippen LogP contribution in [0, 0.1) is 5.41 Å². The van der Waals surface area contributed by atoms with E-state index in [2.05, 4.69) is 15.3 Å². The summed E-state index contributed by atoms with van der Waals surface area (Å²) in [6.45, 7) is 0.0806. The summed E-state index contributed by atoms with van der Waals surface area (Å²) in [5.74, 6) is -0.818. The number of hydrogen-bond acceptors (Lipinski definition) is 10. The molecule has 2 aromatic heterocycles. The van der Waals surface area contributed by atoms with Crippen molar-refractivity contribution in [2.45, 2.75) is 0 Å². The van der Waals surface area contributed by atoms with Gasteiger partial charge in [0.2, 0.25) is 5.76 Å². The quantitative estimate of drug-likeness (QED) is 0.210. The van der Waals surface area contributed by atoms with Gasteiger partial charge < -0.3 is 31.3 Å². The summed E-state index contributed by atoms with van der Waals surface area (Å²) in [6, 6.07) is 1.36. The number of nitrogen functional groups attached to an aromatic ring is 2. The number of carbonyl (C=O) groups is 1. The molecule has 0 aromatic carbocycles. The number of aromatic nitrogens is 2. The number of ether oxygens (including phenoxy) is 1. The number of nitrogens with one attached hydrogen (secondary N) is 1. The number of thiazole rings is 1. The minimum atomic E-state index is -0.793. The van der Waals surface area contributed by atoms with Gasteiger partial charge in [-0.05, 0) is 5.16 Å². The van der Waals surface area contributed by atoms with Crippen molar-refractivity contribution in [3.8, 4) is 5.88 Å². The summed E-state index contributed by atoms with van der Waals surface area (Å²) in [5, 5.41) is 16.1. The third kappa shape index (κ3) is 4.41. The Bertz CT molecular complexity index is 738. The Balaban J connectivity index is 1.84. The molecular formula is C11H13N7O4S. The van der Waals surface area contributed by atoms with Gasteiger partial charge in [0.1, 0.15) is 12.3 Å². The number of nitrogens with two attached hydrogens (primary N) is 3. The second kappa shape index (κ2) is 7.22. The van der Waals surface area contributed by atoms with Crippen molar-refractivity contribution >= 4 is 33.9 Å². The van der Waals surface area contributed by atoms with Crippen LogP contribution in [0.15, 0.2) is 21.1 Å². The highest BCUT2D eigenvalue weighted by atomic mass is 32.1. The molecule has 0 fully saturated rings. The average Bonchev–Trinajstić information content (AvgIpc) is 3.11. The third-order valence-electron chi connectivity index (χ3n) is 2.33. The summed E-state index contributed by atoms with van der Waals surface area (Å²) < 4.78 is 9.93. The molecule has 0 atom stereocenters. The second-order valence-corrected chi connectivity index (χ2v) is 4.89. The number of amidine groups is 1. The van der Waals surface area contributed by atoms with Crippen LogP contribution in [0.4, 0.5) is 5.13 Å². The predicted octanol–water partition coefficient (Wildman–Crippen LogP) is -0.718. The molecule has 0 aliphatic rings.